The van der Waals surface area contributed by atoms with E-state index in [9.17, 15) is 0 Å². The third-order valence-corrected chi connectivity index (χ3v) is 5.20. The van der Waals surface area contributed by atoms with E-state index in [-0.39, 0.29) is 0 Å². The van der Waals surface area contributed by atoms with Crippen LogP contribution >= 0.6 is 35.0 Å². The monoisotopic (exact) mass is 325 g/mol. The fourth-order valence-corrected chi connectivity index (χ4v) is 3.74. The van der Waals surface area contributed by atoms with Crippen LogP contribution in [-0.4, -0.2) is 11.9 Å². The second-order valence-electron chi connectivity index (χ2n) is 4.67. The molecule has 104 valence electrons. The fraction of sp³-hybridized carbons (Fsp3) is 0.200. The Kier molecular flexibility index (Phi) is 4.01. The van der Waals surface area contributed by atoms with Crippen molar-refractivity contribution in [3.63, 3.8) is 0 Å². The number of halogens is 2. The second kappa shape index (κ2) is 5.76. The van der Waals surface area contributed by atoms with Gasteiger partial charge in [-0.2, -0.15) is 0 Å². The van der Waals surface area contributed by atoms with E-state index in [2.05, 4.69) is 24.3 Å². The molecule has 0 bridgehead atoms. The van der Waals surface area contributed by atoms with E-state index in [0.29, 0.717) is 33.3 Å². The third-order valence-electron chi connectivity index (χ3n) is 3.19. The maximum absolute atomic E-state index is 5.98. The molecule has 0 fully saturated rings. The second-order valence-corrected chi connectivity index (χ2v) is 6.82. The molecule has 0 radical (unpaired) electrons. The Labute approximate surface area is 132 Å². The molecule has 2 nitrogen and oxygen atoms in total. The predicted octanol–water partition coefficient (Wildman–Crippen LogP) is 4.67. The number of anilines is 1. The Balaban J connectivity index is 1.66. The number of ether oxygens (including phenoxy) is 1. The highest BCUT2D eigenvalue weighted by Crippen LogP contribution is 2.38. The minimum absolute atomic E-state index is 0.404. The summed E-state index contributed by atoms with van der Waals surface area (Å²) in [6.45, 7) is 0.599. The molecule has 3 rings (SSSR count). The molecule has 2 aromatic carbocycles. The third kappa shape index (κ3) is 2.85. The molecule has 0 saturated carbocycles. The molecule has 0 saturated heterocycles. The van der Waals surface area contributed by atoms with Gasteiger partial charge in [-0.25, -0.2) is 0 Å². The lowest BCUT2D eigenvalue weighted by Crippen LogP contribution is -2.14. The van der Waals surface area contributed by atoms with Crippen molar-refractivity contribution in [1.82, 2.24) is 0 Å². The van der Waals surface area contributed by atoms with Crippen LogP contribution in [0.25, 0.3) is 0 Å². The van der Waals surface area contributed by atoms with Gasteiger partial charge in [0.25, 0.3) is 0 Å². The number of hydrogen-bond donors (Lipinski definition) is 1. The molecule has 2 aromatic rings. The van der Waals surface area contributed by atoms with Gasteiger partial charge in [-0.15, -0.1) is 11.8 Å². The molecule has 0 aliphatic carbocycles. The molecule has 0 spiro atoms. The molecule has 2 N–H and O–H groups in total. The van der Waals surface area contributed by atoms with E-state index in [0.717, 1.165) is 6.42 Å². The van der Waals surface area contributed by atoms with Crippen LogP contribution in [-0.2, 0) is 6.42 Å². The van der Waals surface area contributed by atoms with Crippen LogP contribution in [0, 0.1) is 0 Å². The van der Waals surface area contributed by atoms with Crippen LogP contribution in [0.4, 0.5) is 5.69 Å². The minimum atomic E-state index is 0.404. The van der Waals surface area contributed by atoms with Gasteiger partial charge in [0.1, 0.15) is 12.4 Å². The lowest BCUT2D eigenvalue weighted by Gasteiger charge is -2.13. The topological polar surface area (TPSA) is 35.2 Å². The van der Waals surface area contributed by atoms with Crippen molar-refractivity contribution in [3.05, 3.63) is 52.0 Å². The first-order valence-corrected chi connectivity index (χ1v) is 7.89. The standard InChI is InChI=1S/C15H13Cl2NOS/c16-11-6-13(18)14(7-12(11)17)19-8-10-5-9-3-1-2-4-15(9)20-10/h1-4,6-7,10H,5,8,18H2. The normalized spacial score (nSPS) is 17.0. The first kappa shape index (κ1) is 13.9. The predicted molar refractivity (Wildman–Crippen MR) is 86.2 cm³/mol. The molecule has 5 heteroatoms. The van der Waals surface area contributed by atoms with Crippen molar-refractivity contribution in [3.8, 4) is 5.75 Å². The van der Waals surface area contributed by atoms with Crippen molar-refractivity contribution in [2.75, 3.05) is 12.3 Å². The summed E-state index contributed by atoms with van der Waals surface area (Å²) < 4.78 is 5.80. The van der Waals surface area contributed by atoms with Crippen LogP contribution in [0.15, 0.2) is 41.3 Å². The maximum atomic E-state index is 5.98. The zero-order valence-electron chi connectivity index (χ0n) is 10.6. The van der Waals surface area contributed by atoms with Gasteiger partial charge in [-0.3, -0.25) is 0 Å². The van der Waals surface area contributed by atoms with E-state index in [1.165, 1.54) is 10.5 Å². The zero-order chi connectivity index (χ0) is 14.1. The quantitative estimate of drug-likeness (QED) is 0.833. The molecule has 20 heavy (non-hydrogen) atoms. The Morgan fingerprint density at radius 1 is 1.20 bits per heavy atom. The smallest absolute Gasteiger partial charge is 0.143 e. The summed E-state index contributed by atoms with van der Waals surface area (Å²) in [5.74, 6) is 0.593. The summed E-state index contributed by atoms with van der Waals surface area (Å²) in [5.41, 5.74) is 7.78. The van der Waals surface area contributed by atoms with Crippen LogP contribution in [0.5, 0.6) is 5.75 Å². The van der Waals surface area contributed by atoms with Crippen molar-refractivity contribution < 1.29 is 4.74 Å². The van der Waals surface area contributed by atoms with Gasteiger partial charge in [0.05, 0.1) is 15.7 Å². The highest BCUT2D eigenvalue weighted by molar-refractivity contribution is 8.00. The summed E-state index contributed by atoms with van der Waals surface area (Å²) in [4.78, 5) is 1.34. The lowest BCUT2D eigenvalue weighted by atomic mass is 10.1. The number of benzene rings is 2. The highest BCUT2D eigenvalue weighted by Gasteiger charge is 2.22. The average molecular weight is 326 g/mol. The molecular formula is C15H13Cl2NOS. The number of hydrogen-bond acceptors (Lipinski definition) is 3. The summed E-state index contributed by atoms with van der Waals surface area (Å²) >= 11 is 13.7. The number of rotatable bonds is 3. The molecule has 1 unspecified atom stereocenters. The minimum Gasteiger partial charge on any atom is -0.490 e. The molecule has 0 aromatic heterocycles. The van der Waals surface area contributed by atoms with E-state index in [4.69, 9.17) is 33.7 Å². The first-order chi connectivity index (χ1) is 9.63. The van der Waals surface area contributed by atoms with Gasteiger partial charge in [-0.05, 0) is 24.1 Å². The maximum Gasteiger partial charge on any atom is 0.143 e. The number of thioether (sulfide) groups is 1. The Bertz CT molecular complexity index is 623. The highest BCUT2D eigenvalue weighted by atomic mass is 35.5. The van der Waals surface area contributed by atoms with Gasteiger partial charge >= 0.3 is 0 Å². The number of nitrogens with two attached hydrogens (primary N) is 1. The van der Waals surface area contributed by atoms with Crippen LogP contribution in [0.3, 0.4) is 0 Å². The Morgan fingerprint density at radius 2 is 1.95 bits per heavy atom. The van der Waals surface area contributed by atoms with E-state index in [1.54, 1.807) is 12.1 Å². The fourth-order valence-electron chi connectivity index (χ4n) is 2.20. The molecule has 1 aliphatic heterocycles. The number of nitrogen functional groups attached to an aromatic ring is 1. The van der Waals surface area contributed by atoms with Crippen molar-refractivity contribution in [1.29, 1.82) is 0 Å². The van der Waals surface area contributed by atoms with Gasteiger partial charge in [0.2, 0.25) is 0 Å². The van der Waals surface area contributed by atoms with Crippen molar-refractivity contribution >= 4 is 40.7 Å². The summed E-state index contributed by atoms with van der Waals surface area (Å²) in [5, 5.41) is 1.30. The molecule has 1 aliphatic rings. The van der Waals surface area contributed by atoms with E-state index >= 15 is 0 Å². The molecule has 1 atom stereocenters. The summed E-state index contributed by atoms with van der Waals surface area (Å²) in [6.07, 6.45) is 1.02. The van der Waals surface area contributed by atoms with Crippen LogP contribution < -0.4 is 10.5 Å². The van der Waals surface area contributed by atoms with Gasteiger partial charge in [0.15, 0.2) is 0 Å². The zero-order valence-corrected chi connectivity index (χ0v) is 12.9. The van der Waals surface area contributed by atoms with Gasteiger partial charge in [0, 0.05) is 16.2 Å². The summed E-state index contributed by atoms with van der Waals surface area (Å²) in [6, 6.07) is 11.7. The van der Waals surface area contributed by atoms with Crippen molar-refractivity contribution in [2.45, 2.75) is 16.6 Å². The largest absolute Gasteiger partial charge is 0.490 e. The van der Waals surface area contributed by atoms with Crippen LogP contribution in [0.2, 0.25) is 10.0 Å². The number of fused-ring (bicyclic) bond motifs is 1. The average Bonchev–Trinajstić information content (AvgIpc) is 2.84. The van der Waals surface area contributed by atoms with E-state index in [1.807, 2.05) is 11.8 Å². The molecule has 0 amide bonds. The SMILES string of the molecule is Nc1cc(Cl)c(Cl)cc1OCC1Cc2ccccc2S1. The molecular weight excluding hydrogens is 313 g/mol. The first-order valence-electron chi connectivity index (χ1n) is 6.25. The lowest BCUT2D eigenvalue weighted by molar-refractivity contribution is 0.319. The summed E-state index contributed by atoms with van der Waals surface area (Å²) in [7, 11) is 0. The van der Waals surface area contributed by atoms with E-state index < -0.39 is 0 Å². The van der Waals surface area contributed by atoms with Crippen molar-refractivity contribution in [2.24, 2.45) is 0 Å². The Morgan fingerprint density at radius 3 is 2.75 bits per heavy atom. The Hall–Kier alpha value is -1.03. The van der Waals surface area contributed by atoms with Crippen LogP contribution in [0.1, 0.15) is 5.56 Å². The van der Waals surface area contributed by atoms with Gasteiger partial charge < -0.3 is 10.5 Å². The van der Waals surface area contributed by atoms with Gasteiger partial charge in [-0.1, -0.05) is 41.4 Å². The molecule has 1 heterocycles.